The molecule has 14 heavy (non-hydrogen) atoms. The van der Waals surface area contributed by atoms with Crippen LogP contribution in [0.15, 0.2) is 0 Å². The van der Waals surface area contributed by atoms with Crippen LogP contribution in [0.1, 0.15) is 33.1 Å². The maximum absolute atomic E-state index is 3.73. The second-order valence-corrected chi connectivity index (χ2v) is 5.30. The van der Waals surface area contributed by atoms with E-state index in [4.69, 9.17) is 0 Å². The summed E-state index contributed by atoms with van der Waals surface area (Å²) in [5.41, 5.74) is 0. The predicted octanol–water partition coefficient (Wildman–Crippen LogP) is 1.62. The molecular weight excluding hydrogens is 172 g/mol. The summed E-state index contributed by atoms with van der Waals surface area (Å²) in [5.74, 6) is 2.72. The highest BCUT2D eigenvalue weighted by molar-refractivity contribution is 4.89. The molecule has 3 unspecified atom stereocenters. The summed E-state index contributed by atoms with van der Waals surface area (Å²) < 4.78 is 0. The van der Waals surface area contributed by atoms with Crippen molar-refractivity contribution in [3.05, 3.63) is 0 Å². The number of piperidine rings is 1. The number of hydrogen-bond donors (Lipinski definition) is 2. The number of hydrogen-bond acceptors (Lipinski definition) is 2. The van der Waals surface area contributed by atoms with Crippen LogP contribution in [0, 0.1) is 17.8 Å². The van der Waals surface area contributed by atoms with E-state index in [0.29, 0.717) is 0 Å². The lowest BCUT2D eigenvalue weighted by Gasteiger charge is -2.42. The molecule has 1 heterocycles. The van der Waals surface area contributed by atoms with Crippen molar-refractivity contribution in [2.75, 3.05) is 19.6 Å². The lowest BCUT2D eigenvalue weighted by Crippen LogP contribution is -2.50. The van der Waals surface area contributed by atoms with Gasteiger partial charge in [0.2, 0.25) is 0 Å². The molecule has 0 amide bonds. The Bertz CT molecular complexity index is 170. The van der Waals surface area contributed by atoms with E-state index in [-0.39, 0.29) is 0 Å². The largest absolute Gasteiger partial charge is 0.316 e. The van der Waals surface area contributed by atoms with E-state index in [1.807, 2.05) is 0 Å². The molecule has 2 N–H and O–H groups in total. The monoisotopic (exact) mass is 196 g/mol. The van der Waals surface area contributed by atoms with E-state index < -0.39 is 0 Å². The van der Waals surface area contributed by atoms with Gasteiger partial charge in [-0.3, -0.25) is 0 Å². The zero-order chi connectivity index (χ0) is 9.97. The zero-order valence-electron chi connectivity index (χ0n) is 9.55. The molecule has 2 fully saturated rings. The van der Waals surface area contributed by atoms with Gasteiger partial charge in [0.05, 0.1) is 0 Å². The minimum absolute atomic E-state index is 0.812. The van der Waals surface area contributed by atoms with Crippen LogP contribution in [0.2, 0.25) is 0 Å². The molecule has 2 nitrogen and oxygen atoms in total. The molecule has 0 bridgehead atoms. The second kappa shape index (κ2) is 4.63. The van der Waals surface area contributed by atoms with E-state index in [1.165, 1.54) is 38.9 Å². The Morgan fingerprint density at radius 1 is 1.36 bits per heavy atom. The summed E-state index contributed by atoms with van der Waals surface area (Å²) in [4.78, 5) is 0. The maximum atomic E-state index is 3.73. The summed E-state index contributed by atoms with van der Waals surface area (Å²) in [6.07, 6.45) is 4.17. The maximum Gasteiger partial charge on any atom is 0.00980 e. The Balaban J connectivity index is 1.62. The Kier molecular flexibility index (Phi) is 3.45. The Hall–Kier alpha value is -0.0800. The summed E-state index contributed by atoms with van der Waals surface area (Å²) in [6.45, 7) is 8.43. The third-order valence-corrected chi connectivity index (χ3v) is 4.23. The summed E-state index contributed by atoms with van der Waals surface area (Å²) in [7, 11) is 0. The third-order valence-electron chi connectivity index (χ3n) is 4.23. The van der Waals surface area contributed by atoms with Crippen LogP contribution in [-0.2, 0) is 0 Å². The van der Waals surface area contributed by atoms with Gasteiger partial charge >= 0.3 is 0 Å². The van der Waals surface area contributed by atoms with Gasteiger partial charge in [0.25, 0.3) is 0 Å². The van der Waals surface area contributed by atoms with Crippen molar-refractivity contribution in [1.82, 2.24) is 10.6 Å². The number of nitrogens with one attached hydrogen (secondary N) is 2. The van der Waals surface area contributed by atoms with Gasteiger partial charge in [0.15, 0.2) is 0 Å². The lowest BCUT2D eigenvalue weighted by molar-refractivity contribution is 0.131. The molecule has 1 aliphatic carbocycles. The molecular formula is C12H24N2. The van der Waals surface area contributed by atoms with Gasteiger partial charge in [-0.25, -0.2) is 0 Å². The number of rotatable bonds is 3. The summed E-state index contributed by atoms with van der Waals surface area (Å²) in [6, 6.07) is 0.812. The first-order valence-corrected chi connectivity index (χ1v) is 6.21. The van der Waals surface area contributed by atoms with Gasteiger partial charge in [-0.05, 0) is 56.7 Å². The van der Waals surface area contributed by atoms with E-state index in [9.17, 15) is 0 Å². The van der Waals surface area contributed by atoms with Crippen LogP contribution in [-0.4, -0.2) is 25.7 Å². The Morgan fingerprint density at radius 2 is 2.21 bits per heavy atom. The molecule has 0 aromatic carbocycles. The highest BCUT2D eigenvalue weighted by Gasteiger charge is 2.33. The van der Waals surface area contributed by atoms with Crippen LogP contribution >= 0.6 is 0 Å². The van der Waals surface area contributed by atoms with Gasteiger partial charge in [-0.2, -0.15) is 0 Å². The average molecular weight is 196 g/mol. The standard InChI is InChI=1S/C12H24N2/c1-9-6-12(10(9)2)14-8-11-4-3-5-13-7-11/h9-14H,3-8H2,1-2H3/t9?,10?,11-,12?/m1/s1. The topological polar surface area (TPSA) is 24.1 Å². The smallest absolute Gasteiger partial charge is 0.00980 e. The van der Waals surface area contributed by atoms with Crippen molar-refractivity contribution in [2.24, 2.45) is 17.8 Å². The summed E-state index contributed by atoms with van der Waals surface area (Å²) in [5, 5.41) is 7.20. The molecule has 1 saturated carbocycles. The highest BCUT2D eigenvalue weighted by atomic mass is 15.0. The first-order valence-electron chi connectivity index (χ1n) is 6.21. The quantitative estimate of drug-likeness (QED) is 0.717. The predicted molar refractivity (Wildman–Crippen MR) is 60.3 cm³/mol. The fourth-order valence-electron chi connectivity index (χ4n) is 2.72. The molecule has 2 rings (SSSR count). The van der Waals surface area contributed by atoms with Crippen LogP contribution < -0.4 is 10.6 Å². The first-order chi connectivity index (χ1) is 6.77. The molecule has 2 aliphatic rings. The fourth-order valence-corrected chi connectivity index (χ4v) is 2.72. The zero-order valence-corrected chi connectivity index (χ0v) is 9.55. The molecule has 0 radical (unpaired) electrons. The second-order valence-electron chi connectivity index (χ2n) is 5.30. The van der Waals surface area contributed by atoms with Crippen LogP contribution in [0.5, 0.6) is 0 Å². The van der Waals surface area contributed by atoms with E-state index >= 15 is 0 Å². The van der Waals surface area contributed by atoms with Crippen molar-refractivity contribution in [3.8, 4) is 0 Å². The molecule has 0 aromatic rings. The third kappa shape index (κ3) is 2.29. The van der Waals surface area contributed by atoms with Gasteiger partial charge in [-0.15, -0.1) is 0 Å². The molecule has 4 atom stereocenters. The summed E-state index contributed by atoms with van der Waals surface area (Å²) >= 11 is 0. The van der Waals surface area contributed by atoms with Crippen molar-refractivity contribution < 1.29 is 0 Å². The van der Waals surface area contributed by atoms with Crippen LogP contribution in [0.4, 0.5) is 0 Å². The molecule has 1 aliphatic heterocycles. The van der Waals surface area contributed by atoms with Crippen LogP contribution in [0.25, 0.3) is 0 Å². The molecule has 0 spiro atoms. The normalized spacial score (nSPS) is 43.3. The highest BCUT2D eigenvalue weighted by Crippen LogP contribution is 2.33. The van der Waals surface area contributed by atoms with Gasteiger partial charge in [0, 0.05) is 6.04 Å². The molecule has 0 aromatic heterocycles. The van der Waals surface area contributed by atoms with Gasteiger partial charge in [-0.1, -0.05) is 13.8 Å². The molecule has 2 heteroatoms. The van der Waals surface area contributed by atoms with Crippen molar-refractivity contribution >= 4 is 0 Å². The average Bonchev–Trinajstić information content (AvgIpc) is 2.25. The minimum atomic E-state index is 0.812. The molecule has 82 valence electrons. The van der Waals surface area contributed by atoms with Crippen molar-refractivity contribution in [1.29, 1.82) is 0 Å². The van der Waals surface area contributed by atoms with Crippen LogP contribution in [0.3, 0.4) is 0 Å². The van der Waals surface area contributed by atoms with E-state index in [2.05, 4.69) is 24.5 Å². The Morgan fingerprint density at radius 3 is 2.79 bits per heavy atom. The molecule has 1 saturated heterocycles. The van der Waals surface area contributed by atoms with Gasteiger partial charge < -0.3 is 10.6 Å². The van der Waals surface area contributed by atoms with E-state index in [1.54, 1.807) is 0 Å². The first kappa shape index (κ1) is 10.4. The lowest BCUT2D eigenvalue weighted by atomic mass is 9.71. The Labute approximate surface area is 87.8 Å². The van der Waals surface area contributed by atoms with Gasteiger partial charge in [0.1, 0.15) is 0 Å². The fraction of sp³-hybridized carbons (Fsp3) is 1.00. The van der Waals surface area contributed by atoms with Crippen molar-refractivity contribution in [3.63, 3.8) is 0 Å². The van der Waals surface area contributed by atoms with E-state index in [0.717, 1.165) is 23.8 Å². The SMILES string of the molecule is CC1CC(NC[C@@H]2CCCNC2)C1C. The van der Waals surface area contributed by atoms with Crippen molar-refractivity contribution in [2.45, 2.75) is 39.2 Å². The minimum Gasteiger partial charge on any atom is -0.316 e.